The quantitative estimate of drug-likeness (QED) is 0.297. The van der Waals surface area contributed by atoms with Crippen molar-refractivity contribution in [3.8, 4) is 0 Å². The second kappa shape index (κ2) is 9.59. The van der Waals surface area contributed by atoms with Crippen molar-refractivity contribution in [1.29, 1.82) is 0 Å². The Balaban J connectivity index is 1.39. The molecule has 166 valence electrons. The van der Waals surface area contributed by atoms with Gasteiger partial charge in [0, 0.05) is 11.4 Å². The minimum atomic E-state index is -0.889. The summed E-state index contributed by atoms with van der Waals surface area (Å²) in [5.74, 6) is -1.56. The van der Waals surface area contributed by atoms with Crippen LogP contribution in [0.2, 0.25) is 0 Å². The minimum Gasteiger partial charge on any atom is -0.325 e. The van der Waals surface area contributed by atoms with E-state index in [9.17, 15) is 9.59 Å². The first-order chi connectivity index (χ1) is 16.7. The molecule has 4 nitrogen and oxygen atoms in total. The summed E-state index contributed by atoms with van der Waals surface area (Å²) in [4.78, 5) is 26.7. The van der Waals surface area contributed by atoms with Crippen LogP contribution in [-0.2, 0) is 16.0 Å². The summed E-state index contributed by atoms with van der Waals surface area (Å²) in [6.45, 7) is 0. The van der Waals surface area contributed by atoms with Crippen molar-refractivity contribution in [3.63, 3.8) is 0 Å². The molecule has 0 atom stereocenters. The van der Waals surface area contributed by atoms with Gasteiger partial charge < -0.3 is 10.6 Å². The van der Waals surface area contributed by atoms with E-state index in [1.807, 2.05) is 115 Å². The fourth-order valence-corrected chi connectivity index (χ4v) is 4.15. The van der Waals surface area contributed by atoms with E-state index >= 15 is 0 Å². The van der Waals surface area contributed by atoms with Crippen LogP contribution < -0.4 is 10.6 Å². The van der Waals surface area contributed by atoms with Crippen LogP contribution in [0.1, 0.15) is 5.56 Å². The molecule has 5 rings (SSSR count). The first-order valence-corrected chi connectivity index (χ1v) is 11.3. The zero-order chi connectivity index (χ0) is 23.3. The number of carbonyl (C=O) groups excluding carboxylic acids is 2. The molecule has 0 heterocycles. The number of nitrogens with one attached hydrogen (secondary N) is 2. The second-order valence-electron chi connectivity index (χ2n) is 8.34. The monoisotopic (exact) mass is 444 g/mol. The van der Waals surface area contributed by atoms with Crippen molar-refractivity contribution in [2.24, 2.45) is 5.92 Å². The maximum atomic E-state index is 13.3. The Morgan fingerprint density at radius 1 is 0.529 bits per heavy atom. The van der Waals surface area contributed by atoms with Crippen LogP contribution in [-0.4, -0.2) is 11.8 Å². The third kappa shape index (κ3) is 4.81. The molecule has 0 aliphatic carbocycles. The SMILES string of the molecule is O=C(Nc1ccc2ccccc2c1)C(Cc1ccccc1)C(=O)Nc1ccc2ccccc2c1. The molecular weight excluding hydrogens is 420 g/mol. The van der Waals surface area contributed by atoms with Crippen molar-refractivity contribution in [2.45, 2.75) is 6.42 Å². The maximum Gasteiger partial charge on any atom is 0.237 e. The molecular formula is C30H24N2O2. The molecule has 0 unspecified atom stereocenters. The zero-order valence-electron chi connectivity index (χ0n) is 18.6. The zero-order valence-corrected chi connectivity index (χ0v) is 18.6. The molecule has 5 aromatic carbocycles. The number of fused-ring (bicyclic) bond motifs is 2. The van der Waals surface area contributed by atoms with Crippen molar-refractivity contribution in [3.05, 3.63) is 121 Å². The largest absolute Gasteiger partial charge is 0.325 e. The van der Waals surface area contributed by atoms with Gasteiger partial charge in [-0.2, -0.15) is 0 Å². The van der Waals surface area contributed by atoms with Crippen LogP contribution >= 0.6 is 0 Å². The highest BCUT2D eigenvalue weighted by atomic mass is 16.2. The van der Waals surface area contributed by atoms with E-state index in [1.54, 1.807) is 0 Å². The average Bonchev–Trinajstić information content (AvgIpc) is 2.87. The Morgan fingerprint density at radius 2 is 0.971 bits per heavy atom. The fourth-order valence-electron chi connectivity index (χ4n) is 4.15. The predicted octanol–water partition coefficient (Wildman–Crippen LogP) is 6.43. The summed E-state index contributed by atoms with van der Waals surface area (Å²) < 4.78 is 0. The third-order valence-electron chi connectivity index (χ3n) is 5.95. The lowest BCUT2D eigenvalue weighted by molar-refractivity contribution is -0.129. The Labute approximate surface area is 198 Å². The van der Waals surface area contributed by atoms with E-state index in [4.69, 9.17) is 0 Å². The standard InChI is InChI=1S/C30H24N2O2/c33-29(31-26-16-14-22-10-4-6-12-24(22)19-26)28(18-21-8-2-1-3-9-21)30(34)32-27-17-15-23-11-5-7-13-25(23)20-27/h1-17,19-20,28H,18H2,(H,31,33)(H,32,34). The molecule has 2 amide bonds. The Kier molecular flexibility index (Phi) is 6.04. The Morgan fingerprint density at radius 3 is 1.47 bits per heavy atom. The summed E-state index contributed by atoms with van der Waals surface area (Å²) in [6, 6.07) is 37.0. The maximum absolute atomic E-state index is 13.3. The van der Waals surface area contributed by atoms with Crippen molar-refractivity contribution >= 4 is 44.7 Å². The van der Waals surface area contributed by atoms with Gasteiger partial charge >= 0.3 is 0 Å². The van der Waals surface area contributed by atoms with Crippen LogP contribution in [0.3, 0.4) is 0 Å². The van der Waals surface area contributed by atoms with Gasteiger partial charge in [-0.25, -0.2) is 0 Å². The van der Waals surface area contributed by atoms with Gasteiger partial charge in [-0.1, -0.05) is 91.0 Å². The molecule has 34 heavy (non-hydrogen) atoms. The molecule has 0 saturated carbocycles. The summed E-state index contributed by atoms with van der Waals surface area (Å²) in [6.07, 6.45) is 0.305. The molecule has 0 aliphatic heterocycles. The summed E-state index contributed by atoms with van der Waals surface area (Å²) in [5.41, 5.74) is 2.26. The first kappa shape index (κ1) is 21.4. The lowest BCUT2D eigenvalue weighted by Crippen LogP contribution is -2.35. The molecule has 5 aromatic rings. The van der Waals surface area contributed by atoms with Gasteiger partial charge in [0.2, 0.25) is 11.8 Å². The summed E-state index contributed by atoms with van der Waals surface area (Å²) >= 11 is 0. The van der Waals surface area contributed by atoms with E-state index in [0.717, 1.165) is 27.1 Å². The molecule has 4 heteroatoms. The van der Waals surface area contributed by atoms with Gasteiger partial charge in [0.05, 0.1) is 0 Å². The predicted molar refractivity (Wildman–Crippen MR) is 139 cm³/mol. The number of rotatable bonds is 6. The Hall–Kier alpha value is -4.44. The van der Waals surface area contributed by atoms with Crippen molar-refractivity contribution < 1.29 is 9.59 Å². The number of hydrogen-bond donors (Lipinski definition) is 2. The highest BCUT2D eigenvalue weighted by Crippen LogP contribution is 2.22. The van der Waals surface area contributed by atoms with Gasteiger partial charge in [0.1, 0.15) is 5.92 Å². The van der Waals surface area contributed by atoms with Crippen LogP contribution in [0.15, 0.2) is 115 Å². The number of hydrogen-bond acceptors (Lipinski definition) is 2. The van der Waals surface area contributed by atoms with E-state index < -0.39 is 5.92 Å². The van der Waals surface area contributed by atoms with E-state index in [1.165, 1.54) is 0 Å². The lowest BCUT2D eigenvalue weighted by atomic mass is 9.97. The highest BCUT2D eigenvalue weighted by Gasteiger charge is 2.27. The lowest BCUT2D eigenvalue weighted by Gasteiger charge is -2.18. The smallest absolute Gasteiger partial charge is 0.237 e. The first-order valence-electron chi connectivity index (χ1n) is 11.3. The van der Waals surface area contributed by atoms with Gasteiger partial charge in [-0.05, 0) is 57.8 Å². The average molecular weight is 445 g/mol. The number of benzene rings is 5. The molecule has 0 radical (unpaired) electrons. The van der Waals surface area contributed by atoms with Crippen LogP contribution in [0, 0.1) is 5.92 Å². The van der Waals surface area contributed by atoms with Crippen LogP contribution in [0.25, 0.3) is 21.5 Å². The van der Waals surface area contributed by atoms with Gasteiger partial charge in [-0.15, -0.1) is 0 Å². The van der Waals surface area contributed by atoms with Gasteiger partial charge in [0.25, 0.3) is 0 Å². The summed E-state index contributed by atoms with van der Waals surface area (Å²) in [7, 11) is 0. The third-order valence-corrected chi connectivity index (χ3v) is 5.95. The summed E-state index contributed by atoms with van der Waals surface area (Å²) in [5, 5.41) is 10.1. The van der Waals surface area contributed by atoms with E-state index in [2.05, 4.69) is 10.6 Å². The molecule has 2 N–H and O–H groups in total. The number of anilines is 2. The van der Waals surface area contributed by atoms with E-state index in [-0.39, 0.29) is 11.8 Å². The molecule has 0 saturated heterocycles. The molecule has 0 fully saturated rings. The molecule has 0 bridgehead atoms. The minimum absolute atomic E-state index is 0.305. The van der Waals surface area contributed by atoms with Gasteiger partial charge in [0.15, 0.2) is 0 Å². The number of amides is 2. The van der Waals surface area contributed by atoms with Crippen LogP contribution in [0.4, 0.5) is 11.4 Å². The normalized spacial score (nSPS) is 11.0. The highest BCUT2D eigenvalue weighted by molar-refractivity contribution is 6.11. The Bertz CT molecular complexity index is 1380. The van der Waals surface area contributed by atoms with Crippen molar-refractivity contribution in [2.75, 3.05) is 10.6 Å². The fraction of sp³-hybridized carbons (Fsp3) is 0.0667. The molecule has 0 aliphatic rings. The van der Waals surface area contributed by atoms with Crippen LogP contribution in [0.5, 0.6) is 0 Å². The molecule has 0 spiro atoms. The van der Waals surface area contributed by atoms with E-state index in [0.29, 0.717) is 17.8 Å². The van der Waals surface area contributed by atoms with Crippen molar-refractivity contribution in [1.82, 2.24) is 0 Å². The number of carbonyl (C=O) groups is 2. The second-order valence-corrected chi connectivity index (χ2v) is 8.34. The topological polar surface area (TPSA) is 58.2 Å². The van der Waals surface area contributed by atoms with Gasteiger partial charge in [-0.3, -0.25) is 9.59 Å². The molecule has 0 aromatic heterocycles.